The van der Waals surface area contributed by atoms with Crippen LogP contribution in [-0.2, 0) is 25.7 Å². The molecule has 1 rings (SSSR count). The lowest BCUT2D eigenvalue weighted by molar-refractivity contribution is 0.282. The van der Waals surface area contributed by atoms with Crippen LogP contribution in [0.1, 0.15) is 99.3 Å². The monoisotopic (exact) mass is 454 g/mol. The number of aliphatic hydroxyl groups excluding tert-OH is 2. The minimum absolute atomic E-state index is 0.301. The van der Waals surface area contributed by atoms with E-state index in [1.54, 1.807) is 11.1 Å². The lowest BCUT2D eigenvalue weighted by atomic mass is 9.88. The number of hydrogen-bond donors (Lipinski definition) is 4. The van der Waals surface area contributed by atoms with Gasteiger partial charge < -0.3 is 10.2 Å². The quantitative estimate of drug-likeness (QED) is 0.136. The molecule has 174 valence electrons. The maximum absolute atomic E-state index is 9.10. The fraction of sp³-hybridized carbons (Fsp3) is 0.769. The van der Waals surface area contributed by atoms with E-state index in [-0.39, 0.29) is 0 Å². The van der Waals surface area contributed by atoms with E-state index in [4.69, 9.17) is 10.2 Å². The van der Waals surface area contributed by atoms with Crippen molar-refractivity contribution in [3.63, 3.8) is 0 Å². The highest BCUT2D eigenvalue weighted by Gasteiger charge is 2.11. The maximum atomic E-state index is 9.10. The van der Waals surface area contributed by atoms with Crippen molar-refractivity contribution in [2.24, 2.45) is 0 Å². The predicted molar refractivity (Wildman–Crippen MR) is 139 cm³/mol. The van der Waals surface area contributed by atoms with Crippen molar-refractivity contribution >= 4 is 25.3 Å². The van der Waals surface area contributed by atoms with E-state index in [2.05, 4.69) is 37.4 Å². The normalized spacial score (nSPS) is 11.3. The number of benzene rings is 1. The highest BCUT2D eigenvalue weighted by molar-refractivity contribution is 7.80. The second-order valence-corrected chi connectivity index (χ2v) is 9.42. The Hall–Kier alpha value is -0.160. The molecule has 0 aliphatic rings. The van der Waals surface area contributed by atoms with Gasteiger partial charge in [0.1, 0.15) is 0 Å². The molecule has 0 atom stereocenters. The molecule has 1 aromatic carbocycles. The van der Waals surface area contributed by atoms with Crippen molar-refractivity contribution in [1.82, 2.24) is 0 Å². The molecule has 30 heavy (non-hydrogen) atoms. The summed E-state index contributed by atoms with van der Waals surface area (Å²) in [7, 11) is 0. The third-order valence-corrected chi connectivity index (χ3v) is 6.57. The summed E-state index contributed by atoms with van der Waals surface area (Å²) in [5, 5.41) is 18.2. The minimum Gasteiger partial charge on any atom is -0.396 e. The Bertz CT molecular complexity index is 444. The van der Waals surface area contributed by atoms with Crippen LogP contribution in [0.5, 0.6) is 0 Å². The Morgan fingerprint density at radius 2 is 0.733 bits per heavy atom. The number of rotatable bonds is 20. The second kappa shape index (κ2) is 19.5. The molecule has 0 radical (unpaired) electrons. The molecule has 4 heteroatoms. The Labute approximate surface area is 197 Å². The molecule has 0 heterocycles. The van der Waals surface area contributed by atoms with Crippen molar-refractivity contribution < 1.29 is 10.2 Å². The highest BCUT2D eigenvalue weighted by atomic mass is 32.1. The van der Waals surface area contributed by atoms with E-state index in [0.717, 1.165) is 62.9 Å². The number of aliphatic hydroxyl groups is 2. The van der Waals surface area contributed by atoms with Crippen molar-refractivity contribution in [2.45, 2.75) is 103 Å². The van der Waals surface area contributed by atoms with Crippen molar-refractivity contribution in [3.8, 4) is 0 Å². The van der Waals surface area contributed by atoms with Gasteiger partial charge >= 0.3 is 0 Å². The third-order valence-electron chi connectivity index (χ3n) is 5.94. The Balaban J connectivity index is 2.93. The number of thiol groups is 2. The standard InChI is InChI=1S/C26H46O2S2/c27-17-9-1-5-13-23-21-25(15-7-3-11-19-29)26(16-8-4-12-20-30)22-24(23)14-6-2-10-18-28/h21-22,27-30H,1-20H2. The lowest BCUT2D eigenvalue weighted by Gasteiger charge is -2.17. The minimum atomic E-state index is 0.301. The SMILES string of the molecule is OCCCCCc1cc(CCCCCS)c(CCCCCS)cc1CCCCCO. The average molecular weight is 455 g/mol. The van der Waals surface area contributed by atoms with E-state index in [9.17, 15) is 0 Å². The summed E-state index contributed by atoms with van der Waals surface area (Å²) in [6, 6.07) is 5.05. The molecule has 0 aromatic heterocycles. The predicted octanol–water partition coefficient (Wildman–Crippen LogP) is 6.38. The molecule has 2 nitrogen and oxygen atoms in total. The van der Waals surface area contributed by atoms with Crippen LogP contribution >= 0.6 is 25.3 Å². The van der Waals surface area contributed by atoms with Gasteiger partial charge in [-0.25, -0.2) is 0 Å². The van der Waals surface area contributed by atoms with Crippen LogP contribution in [0.15, 0.2) is 12.1 Å². The highest BCUT2D eigenvalue weighted by Crippen LogP contribution is 2.25. The number of aryl methyl sites for hydroxylation is 4. The van der Waals surface area contributed by atoms with Gasteiger partial charge in [0.05, 0.1) is 0 Å². The van der Waals surface area contributed by atoms with Crippen LogP contribution in [0.25, 0.3) is 0 Å². The van der Waals surface area contributed by atoms with Crippen molar-refractivity contribution in [3.05, 3.63) is 34.4 Å². The molecule has 0 aliphatic heterocycles. The molecule has 0 spiro atoms. The van der Waals surface area contributed by atoms with Crippen molar-refractivity contribution in [1.29, 1.82) is 0 Å². The zero-order valence-electron chi connectivity index (χ0n) is 19.1. The summed E-state index contributed by atoms with van der Waals surface area (Å²) in [5.41, 5.74) is 6.19. The van der Waals surface area contributed by atoms with Crippen LogP contribution in [-0.4, -0.2) is 34.9 Å². The maximum Gasteiger partial charge on any atom is 0.0431 e. The molecule has 0 saturated heterocycles. The van der Waals surface area contributed by atoms with Gasteiger partial charge in [-0.15, -0.1) is 0 Å². The molecular weight excluding hydrogens is 408 g/mol. The van der Waals surface area contributed by atoms with Crippen LogP contribution in [0, 0.1) is 0 Å². The second-order valence-electron chi connectivity index (χ2n) is 8.53. The summed E-state index contributed by atoms with van der Waals surface area (Å²) >= 11 is 8.72. The largest absolute Gasteiger partial charge is 0.396 e. The van der Waals surface area contributed by atoms with Gasteiger partial charge in [0.25, 0.3) is 0 Å². The van der Waals surface area contributed by atoms with Gasteiger partial charge in [-0.05, 0) is 111 Å². The first-order valence-electron chi connectivity index (χ1n) is 12.3. The summed E-state index contributed by atoms with van der Waals surface area (Å²) in [6.07, 6.45) is 18.4. The number of hydrogen-bond acceptors (Lipinski definition) is 4. The van der Waals surface area contributed by atoms with Crippen LogP contribution in [0.3, 0.4) is 0 Å². The van der Waals surface area contributed by atoms with E-state index in [0.29, 0.717) is 13.2 Å². The molecule has 0 saturated carbocycles. The molecule has 0 aliphatic carbocycles. The van der Waals surface area contributed by atoms with Crippen LogP contribution in [0.2, 0.25) is 0 Å². The first-order chi connectivity index (χ1) is 14.8. The third kappa shape index (κ3) is 12.6. The van der Waals surface area contributed by atoms with Crippen LogP contribution < -0.4 is 0 Å². The topological polar surface area (TPSA) is 40.5 Å². The lowest BCUT2D eigenvalue weighted by Crippen LogP contribution is -2.04. The van der Waals surface area contributed by atoms with E-state index in [1.165, 1.54) is 62.5 Å². The van der Waals surface area contributed by atoms with E-state index in [1.807, 2.05) is 0 Å². The Kier molecular flexibility index (Phi) is 18.1. The average Bonchev–Trinajstić information content (AvgIpc) is 2.76. The summed E-state index contributed by atoms with van der Waals surface area (Å²) in [6.45, 7) is 0.602. The zero-order chi connectivity index (χ0) is 21.9. The first kappa shape index (κ1) is 27.9. The summed E-state index contributed by atoms with van der Waals surface area (Å²) in [5.74, 6) is 1.97. The van der Waals surface area contributed by atoms with Gasteiger partial charge in [-0.2, -0.15) is 25.3 Å². The molecule has 1 aromatic rings. The molecule has 0 unspecified atom stereocenters. The van der Waals surface area contributed by atoms with E-state index >= 15 is 0 Å². The van der Waals surface area contributed by atoms with Gasteiger partial charge in [-0.1, -0.05) is 37.8 Å². The van der Waals surface area contributed by atoms with Gasteiger partial charge in [-0.3, -0.25) is 0 Å². The van der Waals surface area contributed by atoms with Gasteiger partial charge in [0.2, 0.25) is 0 Å². The fourth-order valence-corrected chi connectivity index (χ4v) is 4.59. The van der Waals surface area contributed by atoms with E-state index < -0.39 is 0 Å². The molecule has 0 amide bonds. The summed E-state index contributed by atoms with van der Waals surface area (Å²) in [4.78, 5) is 0. The zero-order valence-corrected chi connectivity index (χ0v) is 20.9. The fourth-order valence-electron chi connectivity index (χ4n) is 4.14. The van der Waals surface area contributed by atoms with Crippen molar-refractivity contribution in [2.75, 3.05) is 24.7 Å². The number of unbranched alkanes of at least 4 members (excludes halogenated alkanes) is 8. The van der Waals surface area contributed by atoms with Gasteiger partial charge in [0, 0.05) is 13.2 Å². The molecule has 0 fully saturated rings. The molecule has 2 N–H and O–H groups in total. The molecule has 0 bridgehead atoms. The van der Waals surface area contributed by atoms with Crippen LogP contribution in [0.4, 0.5) is 0 Å². The molecular formula is C26H46O2S2. The summed E-state index contributed by atoms with van der Waals surface area (Å²) < 4.78 is 0. The first-order valence-corrected chi connectivity index (χ1v) is 13.6. The smallest absolute Gasteiger partial charge is 0.0431 e. The Morgan fingerprint density at radius 3 is 1.00 bits per heavy atom. The van der Waals surface area contributed by atoms with Gasteiger partial charge in [0.15, 0.2) is 0 Å². The Morgan fingerprint density at radius 1 is 0.433 bits per heavy atom.